The zero-order chi connectivity index (χ0) is 18.2. The van der Waals surface area contributed by atoms with Gasteiger partial charge in [0.25, 0.3) is 0 Å². The molecule has 0 aromatic rings. The molecule has 2 fully saturated rings. The summed E-state index contributed by atoms with van der Waals surface area (Å²) in [6.45, 7) is -0.180. The first-order valence-electron chi connectivity index (χ1n) is 7.47. The Morgan fingerprint density at radius 2 is 1.33 bits per heavy atom. The normalized spacial score (nSPS) is 53.1. The van der Waals surface area contributed by atoms with Gasteiger partial charge < -0.3 is 55.1 Å². The molecule has 0 aromatic heterocycles. The molecule has 0 amide bonds. The van der Waals surface area contributed by atoms with Crippen LogP contribution >= 0.6 is 0 Å². The average Bonchev–Trinajstić information content (AvgIpc) is 2.57. The molecule has 2 aliphatic rings. The lowest BCUT2D eigenvalue weighted by Crippen LogP contribution is -2.68. The van der Waals surface area contributed by atoms with E-state index in [0.717, 1.165) is 0 Å². The van der Waals surface area contributed by atoms with Crippen LogP contribution in [-0.4, -0.2) is 115 Å². The first-order chi connectivity index (χ1) is 11.2. The topological polar surface area (TPSA) is 190 Å². The van der Waals surface area contributed by atoms with Crippen LogP contribution in [0.4, 0.5) is 0 Å². The van der Waals surface area contributed by atoms with E-state index in [1.54, 1.807) is 0 Å². The van der Waals surface area contributed by atoms with Gasteiger partial charge in [-0.3, -0.25) is 0 Å². The van der Waals surface area contributed by atoms with Crippen molar-refractivity contribution in [2.24, 2.45) is 0 Å². The molecule has 0 unspecified atom stereocenters. The molecule has 10 atom stereocenters. The van der Waals surface area contributed by atoms with Gasteiger partial charge in [-0.15, -0.1) is 0 Å². The van der Waals surface area contributed by atoms with Crippen LogP contribution < -0.4 is 0 Å². The minimum Gasteiger partial charge on any atom is -0.394 e. The number of hydrogen-bond acceptors (Lipinski definition) is 11. The van der Waals surface area contributed by atoms with Crippen LogP contribution in [-0.2, 0) is 14.2 Å². The van der Waals surface area contributed by atoms with Crippen molar-refractivity contribution in [3.05, 3.63) is 0 Å². The molecule has 2 saturated heterocycles. The molecular weight excluding hydrogens is 332 g/mol. The highest BCUT2D eigenvalue weighted by Crippen LogP contribution is 2.34. The molecule has 142 valence electrons. The second-order valence-corrected chi connectivity index (χ2v) is 6.10. The Bertz CT molecular complexity index is 419. The first-order valence-corrected chi connectivity index (χ1v) is 7.47. The van der Waals surface area contributed by atoms with E-state index in [0.29, 0.717) is 0 Å². The second-order valence-electron chi connectivity index (χ2n) is 6.10. The number of hydrogen-bond donors (Lipinski definition) is 8. The first kappa shape index (κ1) is 19.9. The maximum Gasteiger partial charge on any atom is 0.197 e. The molecule has 0 saturated carbocycles. The highest BCUT2D eigenvalue weighted by Gasteiger charge is 2.55. The molecule has 0 bridgehead atoms. The predicted molar refractivity (Wildman–Crippen MR) is 73.2 cm³/mol. The van der Waals surface area contributed by atoms with Crippen molar-refractivity contribution < 1.29 is 55.1 Å². The molecular formula is C13H24O11. The summed E-state index contributed by atoms with van der Waals surface area (Å²) in [6.07, 6.45) is -14.2. The van der Waals surface area contributed by atoms with Gasteiger partial charge in [0.2, 0.25) is 0 Å². The summed E-state index contributed by atoms with van der Waals surface area (Å²) >= 11 is 0. The van der Waals surface area contributed by atoms with E-state index < -0.39 is 74.1 Å². The Hall–Kier alpha value is -0.440. The van der Waals surface area contributed by atoms with Crippen molar-refractivity contribution in [2.75, 3.05) is 13.2 Å². The standard InChI is InChI=1S/C13H24O11/c1-13(11(21)9(19)7(17)5(3-15)23-13)24-12-10(20)8(18)6(16)4(2-14)22-12/h4-12,14-21H,2-3H2,1H3/t4-,5-,6-,7-,8+,9+,10+,11-,12-,13-/m1/s1. The van der Waals surface area contributed by atoms with Gasteiger partial charge in [0, 0.05) is 0 Å². The van der Waals surface area contributed by atoms with Gasteiger partial charge in [-0.25, -0.2) is 0 Å². The molecule has 0 radical (unpaired) electrons. The SMILES string of the molecule is C[C@]1(O[C@H]2O[C@H](CO)[C@@H](O)[C@H](O)[C@@H]2O)O[C@H](CO)[C@@H](O)[C@H](O)[C@H]1O. The number of aliphatic hydroxyl groups is 8. The van der Waals surface area contributed by atoms with Gasteiger partial charge in [0.05, 0.1) is 13.2 Å². The zero-order valence-corrected chi connectivity index (χ0v) is 12.9. The fourth-order valence-electron chi connectivity index (χ4n) is 2.79. The Morgan fingerprint density at radius 1 is 0.792 bits per heavy atom. The highest BCUT2D eigenvalue weighted by atomic mass is 16.8. The lowest BCUT2D eigenvalue weighted by atomic mass is 9.93. The summed E-state index contributed by atoms with van der Waals surface area (Å²) in [5.41, 5.74) is 0. The minimum atomic E-state index is -2.01. The lowest BCUT2D eigenvalue weighted by molar-refractivity contribution is -0.416. The molecule has 11 nitrogen and oxygen atoms in total. The molecule has 24 heavy (non-hydrogen) atoms. The summed E-state index contributed by atoms with van der Waals surface area (Å²) in [4.78, 5) is 0. The Kier molecular flexibility index (Phi) is 6.16. The number of ether oxygens (including phenoxy) is 3. The largest absolute Gasteiger partial charge is 0.394 e. The highest BCUT2D eigenvalue weighted by molar-refractivity contribution is 4.96. The molecule has 2 heterocycles. The number of aliphatic hydroxyl groups excluding tert-OH is 8. The Labute approximate surface area is 137 Å². The fourth-order valence-corrected chi connectivity index (χ4v) is 2.79. The van der Waals surface area contributed by atoms with Crippen molar-refractivity contribution in [1.82, 2.24) is 0 Å². The van der Waals surface area contributed by atoms with Crippen LogP contribution in [0.25, 0.3) is 0 Å². The van der Waals surface area contributed by atoms with E-state index in [-0.39, 0.29) is 0 Å². The monoisotopic (exact) mass is 356 g/mol. The summed E-state index contributed by atoms with van der Waals surface area (Å²) in [5.74, 6) is -2.01. The molecule has 0 aliphatic carbocycles. The predicted octanol–water partition coefficient (Wildman–Crippen LogP) is -5.01. The molecule has 8 N–H and O–H groups in total. The van der Waals surface area contributed by atoms with E-state index >= 15 is 0 Å². The Morgan fingerprint density at radius 3 is 1.88 bits per heavy atom. The summed E-state index contributed by atoms with van der Waals surface area (Å²) in [6, 6.07) is 0. The van der Waals surface area contributed by atoms with Crippen molar-refractivity contribution in [2.45, 2.75) is 67.8 Å². The molecule has 2 aliphatic heterocycles. The zero-order valence-electron chi connectivity index (χ0n) is 12.9. The Balaban J connectivity index is 2.18. The summed E-state index contributed by atoms with van der Waals surface area (Å²) in [7, 11) is 0. The molecule has 11 heteroatoms. The van der Waals surface area contributed by atoms with Gasteiger partial charge in [0.1, 0.15) is 48.8 Å². The summed E-state index contributed by atoms with van der Waals surface area (Å²) in [5, 5.41) is 77.4. The van der Waals surface area contributed by atoms with Crippen molar-refractivity contribution in [3.63, 3.8) is 0 Å². The molecule has 2 rings (SSSR count). The molecule has 0 spiro atoms. The van der Waals surface area contributed by atoms with E-state index in [1.807, 2.05) is 0 Å². The van der Waals surface area contributed by atoms with E-state index in [2.05, 4.69) is 0 Å². The van der Waals surface area contributed by atoms with Crippen molar-refractivity contribution >= 4 is 0 Å². The van der Waals surface area contributed by atoms with Gasteiger partial charge in [-0.05, 0) is 6.92 Å². The average molecular weight is 356 g/mol. The van der Waals surface area contributed by atoms with Crippen LogP contribution in [0.3, 0.4) is 0 Å². The van der Waals surface area contributed by atoms with Gasteiger partial charge >= 0.3 is 0 Å². The third-order valence-corrected chi connectivity index (χ3v) is 4.36. The van der Waals surface area contributed by atoms with Gasteiger partial charge in [-0.2, -0.15) is 0 Å². The van der Waals surface area contributed by atoms with Crippen LogP contribution in [0.5, 0.6) is 0 Å². The molecule has 0 aromatic carbocycles. The lowest BCUT2D eigenvalue weighted by Gasteiger charge is -2.49. The maximum atomic E-state index is 10.1. The van der Waals surface area contributed by atoms with Crippen molar-refractivity contribution in [1.29, 1.82) is 0 Å². The van der Waals surface area contributed by atoms with E-state index in [4.69, 9.17) is 19.3 Å². The smallest absolute Gasteiger partial charge is 0.197 e. The van der Waals surface area contributed by atoms with E-state index in [1.165, 1.54) is 6.92 Å². The fraction of sp³-hybridized carbons (Fsp3) is 1.00. The number of rotatable bonds is 4. The third kappa shape index (κ3) is 3.43. The third-order valence-electron chi connectivity index (χ3n) is 4.36. The maximum absolute atomic E-state index is 10.1. The van der Waals surface area contributed by atoms with Crippen LogP contribution in [0.2, 0.25) is 0 Å². The van der Waals surface area contributed by atoms with Gasteiger partial charge in [-0.1, -0.05) is 0 Å². The van der Waals surface area contributed by atoms with E-state index in [9.17, 15) is 35.7 Å². The van der Waals surface area contributed by atoms with Crippen LogP contribution in [0.1, 0.15) is 6.92 Å². The van der Waals surface area contributed by atoms with Crippen molar-refractivity contribution in [3.8, 4) is 0 Å². The second kappa shape index (κ2) is 7.43. The van der Waals surface area contributed by atoms with Crippen LogP contribution in [0.15, 0.2) is 0 Å². The van der Waals surface area contributed by atoms with Crippen LogP contribution in [0, 0.1) is 0 Å². The van der Waals surface area contributed by atoms with Gasteiger partial charge in [0.15, 0.2) is 12.1 Å². The minimum absolute atomic E-state index is 0.675. The summed E-state index contributed by atoms with van der Waals surface area (Å²) < 4.78 is 15.8. The quantitative estimate of drug-likeness (QED) is 0.241.